The summed E-state index contributed by atoms with van der Waals surface area (Å²) in [5, 5.41) is 29.0. The summed E-state index contributed by atoms with van der Waals surface area (Å²) < 4.78 is 0.496. The Morgan fingerprint density at radius 3 is 2.89 bits per heavy atom. The van der Waals surface area contributed by atoms with E-state index < -0.39 is 10.5 Å². The molecule has 0 aromatic carbocycles. The van der Waals surface area contributed by atoms with Gasteiger partial charge in [0.05, 0.1) is 35.0 Å². The smallest absolute Gasteiger partial charge is 0.288 e. The molecule has 0 amide bonds. The number of aromatic nitrogens is 1. The molecule has 1 aromatic rings. The van der Waals surface area contributed by atoms with Crippen LogP contribution in [0.3, 0.4) is 0 Å². The Morgan fingerprint density at radius 1 is 1.72 bits per heavy atom. The van der Waals surface area contributed by atoms with Gasteiger partial charge in [0.1, 0.15) is 17.6 Å². The fourth-order valence-electron chi connectivity index (χ4n) is 1.83. The van der Waals surface area contributed by atoms with E-state index in [1.54, 1.807) is 4.90 Å². The minimum absolute atomic E-state index is 0.0636. The first-order valence-electron chi connectivity index (χ1n) is 5.09. The normalized spacial score (nSPS) is 16.8. The van der Waals surface area contributed by atoms with Gasteiger partial charge in [-0.2, -0.15) is 5.26 Å². The molecular weight excluding hydrogens is 304 g/mol. The van der Waals surface area contributed by atoms with Crippen molar-refractivity contribution in [2.75, 3.05) is 18.0 Å². The van der Waals surface area contributed by atoms with Crippen molar-refractivity contribution in [3.8, 4) is 6.07 Å². The third-order valence-corrected chi connectivity index (χ3v) is 3.28. The van der Waals surface area contributed by atoms with E-state index >= 15 is 0 Å². The van der Waals surface area contributed by atoms with Gasteiger partial charge in [-0.05, 0) is 15.9 Å². The Morgan fingerprint density at radius 2 is 2.39 bits per heavy atom. The molecule has 18 heavy (non-hydrogen) atoms. The first-order valence-corrected chi connectivity index (χ1v) is 5.89. The molecule has 0 radical (unpaired) electrons. The third-order valence-electron chi connectivity index (χ3n) is 2.70. The summed E-state index contributed by atoms with van der Waals surface area (Å²) in [5.41, 5.74) is -1.10. The quantitative estimate of drug-likeness (QED) is 0.664. The number of pyridine rings is 1. The van der Waals surface area contributed by atoms with Crippen molar-refractivity contribution < 1.29 is 10.0 Å². The van der Waals surface area contributed by atoms with Crippen molar-refractivity contribution in [1.29, 1.82) is 5.26 Å². The van der Waals surface area contributed by atoms with E-state index in [1.165, 1.54) is 12.3 Å². The van der Waals surface area contributed by atoms with Crippen LogP contribution < -0.4 is 4.90 Å². The maximum Gasteiger partial charge on any atom is 0.288 e. The summed E-state index contributed by atoms with van der Waals surface area (Å²) in [7, 11) is 0. The van der Waals surface area contributed by atoms with Crippen molar-refractivity contribution in [2.24, 2.45) is 0 Å². The van der Waals surface area contributed by atoms with E-state index in [2.05, 4.69) is 20.9 Å². The van der Waals surface area contributed by atoms with E-state index in [9.17, 15) is 15.2 Å². The number of halogens is 1. The zero-order chi connectivity index (χ0) is 13.3. The van der Waals surface area contributed by atoms with Crippen LogP contribution in [0.5, 0.6) is 0 Å². The van der Waals surface area contributed by atoms with E-state index in [0.29, 0.717) is 23.4 Å². The number of β-amino-alcohol motifs (C(OH)–C–C–N with tert-alkyl or cyclic N) is 1. The van der Waals surface area contributed by atoms with E-state index in [-0.39, 0.29) is 12.1 Å². The summed E-state index contributed by atoms with van der Waals surface area (Å²) in [6, 6.07) is 3.29. The zero-order valence-corrected chi connectivity index (χ0v) is 10.8. The van der Waals surface area contributed by atoms with Gasteiger partial charge in [0.15, 0.2) is 0 Å². The summed E-state index contributed by atoms with van der Waals surface area (Å²) >= 11 is 3.21. The monoisotopic (exact) mass is 312 g/mol. The van der Waals surface area contributed by atoms with Gasteiger partial charge in [-0.1, -0.05) is 0 Å². The average molecular weight is 313 g/mol. The molecule has 1 fully saturated rings. The van der Waals surface area contributed by atoms with Crippen LogP contribution in [0.2, 0.25) is 0 Å². The predicted octanol–water partition coefficient (Wildman–Crippen LogP) is 1.22. The van der Waals surface area contributed by atoms with Crippen molar-refractivity contribution in [3.63, 3.8) is 0 Å². The van der Waals surface area contributed by atoms with Crippen molar-refractivity contribution in [3.05, 3.63) is 26.9 Å². The van der Waals surface area contributed by atoms with Crippen LogP contribution in [0.1, 0.15) is 6.42 Å². The molecule has 0 aliphatic carbocycles. The van der Waals surface area contributed by atoms with Crippen LogP contribution in [0.4, 0.5) is 11.5 Å². The van der Waals surface area contributed by atoms with Crippen molar-refractivity contribution in [2.45, 2.75) is 12.0 Å². The van der Waals surface area contributed by atoms with Crippen LogP contribution in [-0.2, 0) is 0 Å². The molecule has 0 spiro atoms. The molecule has 1 aromatic heterocycles. The van der Waals surface area contributed by atoms with Gasteiger partial charge in [0.25, 0.3) is 5.69 Å². The highest BCUT2D eigenvalue weighted by molar-refractivity contribution is 9.10. The number of nitrogens with zero attached hydrogens (tertiary/aromatic N) is 4. The number of hydrogen-bond donors (Lipinski definition) is 1. The molecule has 0 bridgehead atoms. The number of anilines is 1. The highest BCUT2D eigenvalue weighted by Gasteiger charge is 2.42. The summed E-state index contributed by atoms with van der Waals surface area (Å²) in [6.45, 7) is 0.591. The van der Waals surface area contributed by atoms with Gasteiger partial charge in [0.2, 0.25) is 0 Å². The first-order chi connectivity index (χ1) is 8.45. The predicted molar refractivity (Wildman–Crippen MR) is 66.0 cm³/mol. The molecule has 8 heteroatoms. The molecule has 1 aliphatic heterocycles. The van der Waals surface area contributed by atoms with Gasteiger partial charge in [0, 0.05) is 6.07 Å². The molecule has 2 heterocycles. The van der Waals surface area contributed by atoms with Gasteiger partial charge < -0.3 is 10.0 Å². The maximum atomic E-state index is 10.6. The van der Waals surface area contributed by atoms with Crippen LogP contribution in [0, 0.1) is 21.4 Å². The van der Waals surface area contributed by atoms with Crippen LogP contribution in [-0.4, -0.2) is 33.7 Å². The largest absolute Gasteiger partial charge is 0.385 e. The Bertz CT molecular complexity index is 536. The second kappa shape index (κ2) is 4.51. The standard InChI is InChI=1S/C10H9BrN4O3/c11-8-3-7(15(17)18)4-13-9(8)14-5-10(16,6-14)1-2-12/h3-4,16H,1,5-6H2. The Balaban J connectivity index is 2.13. The topological polar surface area (TPSA) is 103 Å². The molecule has 0 atom stereocenters. The molecule has 2 rings (SSSR count). The number of nitriles is 1. The zero-order valence-electron chi connectivity index (χ0n) is 9.21. The average Bonchev–Trinajstić information content (AvgIpc) is 2.26. The maximum absolute atomic E-state index is 10.6. The molecule has 0 unspecified atom stereocenters. The Hall–Kier alpha value is -1.72. The van der Waals surface area contributed by atoms with Gasteiger partial charge >= 0.3 is 0 Å². The van der Waals surface area contributed by atoms with Crippen molar-refractivity contribution >= 4 is 27.4 Å². The van der Waals surface area contributed by atoms with Crippen LogP contribution >= 0.6 is 15.9 Å². The number of aliphatic hydroxyl groups is 1. The highest BCUT2D eigenvalue weighted by Crippen LogP contribution is 2.34. The molecular formula is C10H9BrN4O3. The lowest BCUT2D eigenvalue weighted by Crippen LogP contribution is -2.62. The minimum atomic E-state index is -1.00. The van der Waals surface area contributed by atoms with E-state index in [4.69, 9.17) is 5.26 Å². The fraction of sp³-hybridized carbons (Fsp3) is 0.400. The number of hydrogen-bond acceptors (Lipinski definition) is 6. The van der Waals surface area contributed by atoms with E-state index in [0.717, 1.165) is 0 Å². The second-order valence-corrected chi connectivity index (χ2v) is 5.03. The molecule has 1 aliphatic rings. The lowest BCUT2D eigenvalue weighted by Gasteiger charge is -2.46. The van der Waals surface area contributed by atoms with Crippen molar-refractivity contribution in [1.82, 2.24) is 4.98 Å². The Labute approximate surface area is 111 Å². The van der Waals surface area contributed by atoms with Gasteiger partial charge in [-0.3, -0.25) is 10.1 Å². The van der Waals surface area contributed by atoms with Gasteiger partial charge in [-0.15, -0.1) is 0 Å². The van der Waals surface area contributed by atoms with Gasteiger partial charge in [-0.25, -0.2) is 4.98 Å². The number of rotatable bonds is 3. The Kier molecular flexibility index (Phi) is 3.19. The molecule has 1 N–H and O–H groups in total. The third kappa shape index (κ3) is 2.27. The van der Waals surface area contributed by atoms with Crippen LogP contribution in [0.15, 0.2) is 16.7 Å². The summed E-state index contributed by atoms with van der Waals surface area (Å²) in [6.07, 6.45) is 1.23. The van der Waals surface area contributed by atoms with E-state index in [1.807, 2.05) is 6.07 Å². The highest BCUT2D eigenvalue weighted by atomic mass is 79.9. The first kappa shape index (κ1) is 12.7. The summed E-state index contributed by atoms with van der Waals surface area (Å²) in [4.78, 5) is 15.8. The molecule has 7 nitrogen and oxygen atoms in total. The van der Waals surface area contributed by atoms with Crippen LogP contribution in [0.25, 0.3) is 0 Å². The second-order valence-electron chi connectivity index (χ2n) is 4.17. The molecule has 0 saturated carbocycles. The number of nitro groups is 1. The lowest BCUT2D eigenvalue weighted by atomic mass is 9.91. The molecule has 94 valence electrons. The minimum Gasteiger partial charge on any atom is -0.385 e. The fourth-order valence-corrected chi connectivity index (χ4v) is 2.41. The molecule has 1 saturated heterocycles. The summed E-state index contributed by atoms with van der Waals surface area (Å²) in [5.74, 6) is 0.531. The lowest BCUT2D eigenvalue weighted by molar-refractivity contribution is -0.385. The SMILES string of the molecule is N#CCC1(O)CN(c2ncc([N+](=O)[O-])cc2Br)C1.